The average molecular weight is 613 g/mol. The van der Waals surface area contributed by atoms with Crippen LogP contribution in [0.25, 0.3) is 55.8 Å². The molecule has 0 fully saturated rings. The van der Waals surface area contributed by atoms with Gasteiger partial charge in [-0.05, 0) is 63.7 Å². The molecule has 7 aromatic carbocycles. The van der Waals surface area contributed by atoms with Crippen molar-refractivity contribution >= 4 is 10.9 Å². The molecule has 1 aliphatic heterocycles. The average Bonchev–Trinajstić information content (AvgIpc) is 3.45. The Morgan fingerprint density at radius 2 is 1.00 bits per heavy atom. The van der Waals surface area contributed by atoms with Gasteiger partial charge in [-0.25, -0.2) is 9.97 Å². The maximum atomic E-state index is 6.53. The summed E-state index contributed by atoms with van der Waals surface area (Å²) in [5.41, 5.74) is 13.1. The largest absolute Gasteiger partial charge is 0.457 e. The quantitative estimate of drug-likeness (QED) is 0.199. The zero-order chi connectivity index (χ0) is 31.7. The van der Waals surface area contributed by atoms with Crippen molar-refractivity contribution in [3.8, 4) is 56.4 Å². The van der Waals surface area contributed by atoms with Crippen LogP contribution in [-0.2, 0) is 5.41 Å². The van der Waals surface area contributed by atoms with E-state index in [2.05, 4.69) is 152 Å². The van der Waals surface area contributed by atoms with Crippen molar-refractivity contribution in [1.29, 1.82) is 0 Å². The molecule has 1 aliphatic carbocycles. The molecular weight excluding hydrogens is 585 g/mol. The summed E-state index contributed by atoms with van der Waals surface area (Å²) < 4.78 is 6.53. The number of nitrogens with zero attached hydrogens (tertiary/aromatic N) is 2. The minimum atomic E-state index is -0.503. The van der Waals surface area contributed by atoms with Crippen LogP contribution in [0.15, 0.2) is 170 Å². The van der Waals surface area contributed by atoms with Crippen LogP contribution in [0.1, 0.15) is 22.3 Å². The number of aromatic nitrogens is 2. The Morgan fingerprint density at radius 3 is 1.81 bits per heavy atom. The molecule has 224 valence electrons. The molecule has 2 aliphatic rings. The van der Waals surface area contributed by atoms with E-state index in [1.807, 2.05) is 18.2 Å². The standard InChI is InChI=1S/C45H28N2O/c1-2-13-29(14-3-1)43-35-18-5-9-22-40(35)46-44(47-43)32-16-12-15-30(27-32)31-25-26-34-33-17-4-6-19-36(33)45(39(34)28-31)37-20-7-10-23-41(37)48-42-24-11-8-21-38(42)45/h1-28H. The van der Waals surface area contributed by atoms with E-state index in [-0.39, 0.29) is 0 Å². The lowest BCUT2D eigenvalue weighted by molar-refractivity contribution is 0.436. The molecule has 0 bridgehead atoms. The highest BCUT2D eigenvalue weighted by Gasteiger charge is 2.51. The first kappa shape index (κ1) is 26.9. The zero-order valence-electron chi connectivity index (χ0n) is 26.0. The van der Waals surface area contributed by atoms with E-state index in [1.54, 1.807) is 0 Å². The lowest BCUT2D eigenvalue weighted by Gasteiger charge is -2.39. The van der Waals surface area contributed by atoms with E-state index in [1.165, 1.54) is 33.4 Å². The minimum absolute atomic E-state index is 0.503. The molecule has 0 amide bonds. The van der Waals surface area contributed by atoms with E-state index in [9.17, 15) is 0 Å². The van der Waals surface area contributed by atoms with Gasteiger partial charge < -0.3 is 4.74 Å². The number of para-hydroxylation sites is 3. The second kappa shape index (κ2) is 10.3. The van der Waals surface area contributed by atoms with Crippen molar-refractivity contribution in [2.45, 2.75) is 5.41 Å². The minimum Gasteiger partial charge on any atom is -0.457 e. The summed E-state index contributed by atoms with van der Waals surface area (Å²) in [5.74, 6) is 2.51. The Kier molecular flexibility index (Phi) is 5.79. The van der Waals surface area contributed by atoms with Gasteiger partial charge in [0.2, 0.25) is 0 Å². The number of ether oxygens (including phenoxy) is 1. The lowest BCUT2D eigenvalue weighted by atomic mass is 9.66. The second-order valence-electron chi connectivity index (χ2n) is 12.5. The van der Waals surface area contributed by atoms with E-state index >= 15 is 0 Å². The molecule has 0 atom stereocenters. The van der Waals surface area contributed by atoms with Crippen LogP contribution in [0.3, 0.4) is 0 Å². The number of benzene rings is 7. The topological polar surface area (TPSA) is 35.0 Å². The SMILES string of the molecule is c1ccc(-c2nc(-c3cccc(-c4ccc5c(c4)C4(c6ccccc6Oc6ccccc64)c4ccccc4-5)c3)nc3ccccc23)cc1. The van der Waals surface area contributed by atoms with Crippen molar-refractivity contribution in [2.75, 3.05) is 0 Å². The third-order valence-corrected chi connectivity index (χ3v) is 9.95. The highest BCUT2D eigenvalue weighted by atomic mass is 16.5. The van der Waals surface area contributed by atoms with Crippen LogP contribution in [0, 0.1) is 0 Å². The van der Waals surface area contributed by atoms with Gasteiger partial charge >= 0.3 is 0 Å². The number of rotatable bonds is 3. The van der Waals surface area contributed by atoms with E-state index in [0.717, 1.165) is 50.3 Å². The summed E-state index contributed by atoms with van der Waals surface area (Å²) >= 11 is 0. The third kappa shape index (κ3) is 3.82. The fourth-order valence-corrected chi connectivity index (χ4v) is 7.89. The first-order valence-corrected chi connectivity index (χ1v) is 16.3. The van der Waals surface area contributed by atoms with Gasteiger partial charge in [-0.1, -0.05) is 140 Å². The summed E-state index contributed by atoms with van der Waals surface area (Å²) in [6.07, 6.45) is 0. The van der Waals surface area contributed by atoms with Crippen molar-refractivity contribution in [1.82, 2.24) is 9.97 Å². The maximum absolute atomic E-state index is 6.53. The predicted molar refractivity (Wildman–Crippen MR) is 193 cm³/mol. The van der Waals surface area contributed by atoms with Crippen molar-refractivity contribution in [2.24, 2.45) is 0 Å². The van der Waals surface area contributed by atoms with Crippen LogP contribution in [0.5, 0.6) is 11.5 Å². The van der Waals surface area contributed by atoms with Gasteiger partial charge in [-0.3, -0.25) is 0 Å². The van der Waals surface area contributed by atoms with Gasteiger partial charge in [0.1, 0.15) is 11.5 Å². The van der Waals surface area contributed by atoms with E-state index in [4.69, 9.17) is 14.7 Å². The van der Waals surface area contributed by atoms with Crippen LogP contribution < -0.4 is 4.74 Å². The Balaban J connectivity index is 1.17. The van der Waals surface area contributed by atoms with E-state index in [0.29, 0.717) is 5.82 Å². The molecule has 1 aromatic heterocycles. The number of hydrogen-bond acceptors (Lipinski definition) is 3. The van der Waals surface area contributed by atoms with Gasteiger partial charge in [0.05, 0.1) is 16.6 Å². The molecule has 3 nitrogen and oxygen atoms in total. The molecule has 0 saturated carbocycles. The summed E-state index contributed by atoms with van der Waals surface area (Å²) in [6.45, 7) is 0. The smallest absolute Gasteiger partial charge is 0.160 e. The highest BCUT2D eigenvalue weighted by Crippen LogP contribution is 2.62. The Morgan fingerprint density at radius 1 is 0.396 bits per heavy atom. The van der Waals surface area contributed by atoms with Crippen LogP contribution in [0.2, 0.25) is 0 Å². The van der Waals surface area contributed by atoms with Crippen molar-refractivity contribution in [3.63, 3.8) is 0 Å². The van der Waals surface area contributed by atoms with Gasteiger partial charge in [0.25, 0.3) is 0 Å². The summed E-state index contributed by atoms with van der Waals surface area (Å²) in [4.78, 5) is 10.2. The zero-order valence-corrected chi connectivity index (χ0v) is 26.0. The van der Waals surface area contributed by atoms with Gasteiger partial charge in [0, 0.05) is 27.6 Å². The first-order chi connectivity index (χ1) is 23.8. The molecule has 0 saturated heterocycles. The maximum Gasteiger partial charge on any atom is 0.160 e. The molecule has 8 aromatic rings. The molecule has 48 heavy (non-hydrogen) atoms. The fourth-order valence-electron chi connectivity index (χ4n) is 7.89. The normalized spacial score (nSPS) is 13.3. The number of fused-ring (bicyclic) bond motifs is 10. The third-order valence-electron chi connectivity index (χ3n) is 9.95. The predicted octanol–water partition coefficient (Wildman–Crippen LogP) is 11.1. The molecule has 1 spiro atoms. The van der Waals surface area contributed by atoms with Crippen LogP contribution in [0.4, 0.5) is 0 Å². The fraction of sp³-hybridized carbons (Fsp3) is 0.0222. The van der Waals surface area contributed by atoms with Crippen LogP contribution >= 0.6 is 0 Å². The molecule has 3 heteroatoms. The summed E-state index contributed by atoms with van der Waals surface area (Å²) in [6, 6.07) is 60.0. The second-order valence-corrected chi connectivity index (χ2v) is 12.5. The highest BCUT2D eigenvalue weighted by molar-refractivity contribution is 5.94. The number of hydrogen-bond donors (Lipinski definition) is 0. The molecular formula is C45H28N2O. The Bertz CT molecular complexity index is 2510. The van der Waals surface area contributed by atoms with Gasteiger partial charge in [-0.2, -0.15) is 0 Å². The monoisotopic (exact) mass is 612 g/mol. The molecule has 10 rings (SSSR count). The summed E-state index contributed by atoms with van der Waals surface area (Å²) in [7, 11) is 0. The Hall–Kier alpha value is -6.32. The molecule has 0 unspecified atom stereocenters. The van der Waals surface area contributed by atoms with Crippen molar-refractivity contribution < 1.29 is 4.74 Å². The molecule has 2 heterocycles. The van der Waals surface area contributed by atoms with Crippen LogP contribution in [-0.4, -0.2) is 9.97 Å². The van der Waals surface area contributed by atoms with Gasteiger partial charge in [-0.15, -0.1) is 0 Å². The van der Waals surface area contributed by atoms with Crippen molar-refractivity contribution in [3.05, 3.63) is 192 Å². The lowest BCUT2D eigenvalue weighted by Crippen LogP contribution is -2.32. The first-order valence-electron chi connectivity index (χ1n) is 16.3. The molecule has 0 N–H and O–H groups in total. The van der Waals surface area contributed by atoms with Gasteiger partial charge in [0.15, 0.2) is 5.82 Å². The van der Waals surface area contributed by atoms with E-state index < -0.39 is 5.41 Å². The Labute approximate surface area is 278 Å². The summed E-state index contributed by atoms with van der Waals surface area (Å²) in [5, 5.41) is 1.05. The molecule has 0 radical (unpaired) electrons.